The molecule has 0 saturated carbocycles. The molecule has 4 aromatic heterocycles. The number of halogens is 1. The van der Waals surface area contributed by atoms with Gasteiger partial charge in [0, 0.05) is 31.4 Å². The number of hydrogen-bond donors (Lipinski definition) is 3. The molecular weight excluding hydrogens is 489 g/mol. The summed E-state index contributed by atoms with van der Waals surface area (Å²) in [6, 6.07) is 5.47. The SMILES string of the molecule is Cc1ccn2c(-c3ncc(Nc4ccc(N5CCO[C@H](C(C)(C)O)C5)cn4)c4c3CNC4=O)cnc2c1F. The maximum Gasteiger partial charge on any atom is 0.254 e. The molecule has 10 nitrogen and oxygen atoms in total. The topological polar surface area (TPSA) is 117 Å². The van der Waals surface area contributed by atoms with Crippen LogP contribution in [-0.4, -0.2) is 61.8 Å². The van der Waals surface area contributed by atoms with Gasteiger partial charge in [0.15, 0.2) is 11.5 Å². The van der Waals surface area contributed by atoms with E-state index in [0.29, 0.717) is 65.8 Å². The smallest absolute Gasteiger partial charge is 0.254 e. The van der Waals surface area contributed by atoms with Gasteiger partial charge < -0.3 is 25.4 Å². The highest BCUT2D eigenvalue weighted by molar-refractivity contribution is 6.05. The second kappa shape index (κ2) is 9.03. The molecule has 0 aliphatic carbocycles. The van der Waals surface area contributed by atoms with Gasteiger partial charge in [0.2, 0.25) is 0 Å². The molecule has 38 heavy (non-hydrogen) atoms. The van der Waals surface area contributed by atoms with Crippen LogP contribution in [0.1, 0.15) is 35.3 Å². The fourth-order valence-electron chi connectivity index (χ4n) is 4.94. The predicted molar refractivity (Wildman–Crippen MR) is 140 cm³/mol. The van der Waals surface area contributed by atoms with Crippen molar-refractivity contribution in [1.82, 2.24) is 24.7 Å². The van der Waals surface area contributed by atoms with Crippen molar-refractivity contribution in [1.29, 1.82) is 0 Å². The zero-order valence-electron chi connectivity index (χ0n) is 21.3. The first-order valence-corrected chi connectivity index (χ1v) is 12.5. The van der Waals surface area contributed by atoms with Gasteiger partial charge in [0.25, 0.3) is 5.91 Å². The molecule has 6 rings (SSSR count). The third kappa shape index (κ3) is 4.13. The molecule has 1 saturated heterocycles. The molecule has 0 radical (unpaired) electrons. The fraction of sp³-hybridized carbons (Fsp3) is 0.333. The molecule has 196 valence electrons. The van der Waals surface area contributed by atoms with Gasteiger partial charge in [0.1, 0.15) is 11.9 Å². The normalized spacial score (nSPS) is 17.6. The Bertz CT molecular complexity index is 1550. The van der Waals surface area contributed by atoms with Crippen LogP contribution in [0.3, 0.4) is 0 Å². The fourth-order valence-corrected chi connectivity index (χ4v) is 4.94. The maximum absolute atomic E-state index is 14.6. The van der Waals surface area contributed by atoms with Crippen molar-refractivity contribution in [3.8, 4) is 11.4 Å². The Hall–Kier alpha value is -4.09. The number of rotatable bonds is 5. The second-order valence-electron chi connectivity index (χ2n) is 10.2. The van der Waals surface area contributed by atoms with Gasteiger partial charge in [-0.15, -0.1) is 0 Å². The number of anilines is 3. The van der Waals surface area contributed by atoms with Crippen molar-refractivity contribution in [2.45, 2.75) is 39.0 Å². The van der Waals surface area contributed by atoms with Crippen LogP contribution in [0.25, 0.3) is 17.0 Å². The standard InChI is InChI=1S/C27H28FN7O3/c1-15-6-7-35-19(13-31-25(35)23(15)28)24-17-11-32-26(36)22(17)18(12-30-24)33-21-5-4-16(10-29-21)34-8-9-38-20(14-34)27(2,3)37/h4-7,10,12-13,20,37H,8-9,11,14H2,1-3H3,(H,29,33)(H,32,36)/t20-/m0/s1. The maximum atomic E-state index is 14.6. The first-order valence-electron chi connectivity index (χ1n) is 12.5. The van der Waals surface area contributed by atoms with Gasteiger partial charge in [-0.2, -0.15) is 0 Å². The summed E-state index contributed by atoms with van der Waals surface area (Å²) >= 11 is 0. The number of amides is 1. The number of imidazole rings is 1. The lowest BCUT2D eigenvalue weighted by molar-refractivity contribution is -0.0928. The largest absolute Gasteiger partial charge is 0.388 e. The zero-order valence-corrected chi connectivity index (χ0v) is 21.3. The van der Waals surface area contributed by atoms with E-state index in [2.05, 4.69) is 30.5 Å². The molecule has 0 bridgehead atoms. The number of nitrogens with one attached hydrogen (secondary N) is 2. The molecular formula is C27H28FN7O3. The van der Waals surface area contributed by atoms with E-state index in [-0.39, 0.29) is 23.5 Å². The summed E-state index contributed by atoms with van der Waals surface area (Å²) in [6.45, 7) is 7.27. The van der Waals surface area contributed by atoms with Gasteiger partial charge in [-0.3, -0.25) is 14.2 Å². The van der Waals surface area contributed by atoms with Crippen LogP contribution in [0.2, 0.25) is 0 Å². The summed E-state index contributed by atoms with van der Waals surface area (Å²) < 4.78 is 22.0. The second-order valence-corrected chi connectivity index (χ2v) is 10.2. The Labute approximate surface area is 218 Å². The van der Waals surface area contributed by atoms with Crippen LogP contribution >= 0.6 is 0 Å². The third-order valence-corrected chi connectivity index (χ3v) is 7.12. The number of aromatic nitrogens is 4. The molecule has 1 amide bonds. The number of ether oxygens (including phenoxy) is 1. The predicted octanol–water partition coefficient (Wildman–Crippen LogP) is 3.20. The molecule has 4 aromatic rings. The summed E-state index contributed by atoms with van der Waals surface area (Å²) in [5.41, 5.74) is 3.59. The van der Waals surface area contributed by atoms with E-state index in [9.17, 15) is 14.3 Å². The average molecular weight is 518 g/mol. The lowest BCUT2D eigenvalue weighted by atomic mass is 10.00. The monoisotopic (exact) mass is 517 g/mol. The summed E-state index contributed by atoms with van der Waals surface area (Å²) in [4.78, 5) is 28.4. The Morgan fingerprint density at radius 2 is 2.03 bits per heavy atom. The van der Waals surface area contributed by atoms with E-state index < -0.39 is 5.60 Å². The minimum atomic E-state index is -0.940. The number of carbonyl (C=O) groups excluding carboxylic acids is 1. The van der Waals surface area contributed by atoms with E-state index in [1.165, 1.54) is 0 Å². The van der Waals surface area contributed by atoms with Crippen LogP contribution in [0, 0.1) is 12.7 Å². The van der Waals surface area contributed by atoms with E-state index in [4.69, 9.17) is 4.74 Å². The summed E-state index contributed by atoms with van der Waals surface area (Å²) in [7, 11) is 0. The van der Waals surface area contributed by atoms with E-state index in [1.54, 1.807) is 56.0 Å². The highest BCUT2D eigenvalue weighted by atomic mass is 19.1. The summed E-state index contributed by atoms with van der Waals surface area (Å²) in [5.74, 6) is -0.0421. The van der Waals surface area contributed by atoms with Crippen LogP contribution in [0.5, 0.6) is 0 Å². The Morgan fingerprint density at radius 3 is 2.79 bits per heavy atom. The van der Waals surface area contributed by atoms with E-state index >= 15 is 0 Å². The number of hydrogen-bond acceptors (Lipinski definition) is 8. The van der Waals surface area contributed by atoms with Gasteiger partial charge >= 0.3 is 0 Å². The van der Waals surface area contributed by atoms with Crippen molar-refractivity contribution in [2.24, 2.45) is 0 Å². The number of aliphatic hydroxyl groups is 1. The van der Waals surface area contributed by atoms with Crippen LogP contribution in [0.4, 0.5) is 21.6 Å². The van der Waals surface area contributed by atoms with Crippen molar-refractivity contribution in [3.63, 3.8) is 0 Å². The Kier molecular flexibility index (Phi) is 5.77. The molecule has 0 spiro atoms. The zero-order chi connectivity index (χ0) is 26.6. The lowest BCUT2D eigenvalue weighted by Gasteiger charge is -2.39. The van der Waals surface area contributed by atoms with Gasteiger partial charge in [-0.05, 0) is 44.5 Å². The number of carbonyl (C=O) groups is 1. The minimum Gasteiger partial charge on any atom is -0.388 e. The number of pyridine rings is 3. The number of nitrogens with zero attached hydrogens (tertiary/aromatic N) is 5. The quantitative estimate of drug-likeness (QED) is 0.370. The first-order chi connectivity index (χ1) is 18.2. The molecule has 6 heterocycles. The molecule has 3 N–H and O–H groups in total. The van der Waals surface area contributed by atoms with Crippen LogP contribution in [-0.2, 0) is 11.3 Å². The van der Waals surface area contributed by atoms with Crippen LogP contribution < -0.4 is 15.5 Å². The third-order valence-electron chi connectivity index (χ3n) is 7.12. The molecule has 1 atom stereocenters. The highest BCUT2D eigenvalue weighted by Crippen LogP contribution is 2.34. The van der Waals surface area contributed by atoms with Gasteiger partial charge in [0.05, 0.1) is 59.1 Å². The van der Waals surface area contributed by atoms with Crippen molar-refractivity contribution in [2.75, 3.05) is 29.9 Å². The van der Waals surface area contributed by atoms with E-state index in [0.717, 1.165) is 5.69 Å². The minimum absolute atomic E-state index is 0.216. The van der Waals surface area contributed by atoms with E-state index in [1.807, 2.05) is 12.1 Å². The molecule has 0 unspecified atom stereocenters. The van der Waals surface area contributed by atoms with Gasteiger partial charge in [-0.25, -0.2) is 14.4 Å². The lowest BCUT2D eigenvalue weighted by Crippen LogP contribution is -2.52. The first kappa shape index (κ1) is 24.3. The summed E-state index contributed by atoms with van der Waals surface area (Å²) in [5, 5.41) is 16.4. The van der Waals surface area contributed by atoms with Crippen molar-refractivity contribution in [3.05, 3.63) is 65.5 Å². The van der Waals surface area contributed by atoms with Gasteiger partial charge in [-0.1, -0.05) is 0 Å². The molecule has 2 aliphatic heterocycles. The molecule has 0 aromatic carbocycles. The number of aryl methyl sites for hydroxylation is 1. The molecule has 1 fully saturated rings. The van der Waals surface area contributed by atoms with Crippen molar-refractivity contribution < 1.29 is 19.0 Å². The summed E-state index contributed by atoms with van der Waals surface area (Å²) in [6.07, 6.45) is 6.38. The number of morpholine rings is 1. The van der Waals surface area contributed by atoms with Crippen molar-refractivity contribution >= 4 is 28.7 Å². The Balaban J connectivity index is 1.28. The Morgan fingerprint density at radius 1 is 1.18 bits per heavy atom. The molecule has 2 aliphatic rings. The highest BCUT2D eigenvalue weighted by Gasteiger charge is 2.33. The number of fused-ring (bicyclic) bond motifs is 2. The molecule has 11 heteroatoms. The average Bonchev–Trinajstić information content (AvgIpc) is 3.51. The van der Waals surface area contributed by atoms with Crippen LogP contribution in [0.15, 0.2) is 43.0 Å².